The first-order valence-electron chi connectivity index (χ1n) is 5.81. The molecule has 0 saturated heterocycles. The summed E-state index contributed by atoms with van der Waals surface area (Å²) in [6.45, 7) is 4.58. The molecular formula is C12H16N4O2. The van der Waals surface area contributed by atoms with Gasteiger partial charge in [-0.25, -0.2) is 0 Å². The zero-order chi connectivity index (χ0) is 13.3. The Morgan fingerprint density at radius 2 is 1.83 bits per heavy atom. The predicted molar refractivity (Wildman–Crippen MR) is 71.9 cm³/mol. The number of anilines is 1. The molecule has 0 aliphatic rings. The van der Waals surface area contributed by atoms with E-state index in [2.05, 4.69) is 10.2 Å². The molecule has 1 aromatic carbocycles. The van der Waals surface area contributed by atoms with Gasteiger partial charge in [0.05, 0.1) is 16.9 Å². The van der Waals surface area contributed by atoms with Gasteiger partial charge in [-0.15, -0.1) is 0 Å². The Kier molecular flexibility index (Phi) is 3.20. The van der Waals surface area contributed by atoms with Crippen LogP contribution in [0.25, 0.3) is 10.8 Å². The highest BCUT2D eigenvalue weighted by Crippen LogP contribution is 2.18. The molecule has 2 rings (SSSR count). The fourth-order valence-corrected chi connectivity index (χ4v) is 2.05. The Morgan fingerprint density at radius 1 is 1.22 bits per heavy atom. The van der Waals surface area contributed by atoms with E-state index in [9.17, 15) is 9.59 Å². The molecule has 0 saturated carbocycles. The summed E-state index contributed by atoms with van der Waals surface area (Å²) >= 11 is 0. The van der Waals surface area contributed by atoms with Crippen molar-refractivity contribution in [1.29, 1.82) is 0 Å². The number of hydrogen-bond acceptors (Lipinski definition) is 4. The fraction of sp³-hybridized carbons (Fsp3) is 0.333. The summed E-state index contributed by atoms with van der Waals surface area (Å²) in [6, 6.07) is 5.13. The number of hydrogen-bond donors (Lipinski definition) is 3. The molecule has 6 heteroatoms. The Labute approximate surface area is 103 Å². The van der Waals surface area contributed by atoms with E-state index in [1.807, 2.05) is 18.7 Å². The number of nitrogens with zero attached hydrogens (tertiary/aromatic N) is 1. The van der Waals surface area contributed by atoms with Gasteiger partial charge in [-0.1, -0.05) is 0 Å². The minimum atomic E-state index is -0.313. The molecule has 1 unspecified atom stereocenters. The van der Waals surface area contributed by atoms with E-state index in [0.717, 1.165) is 12.2 Å². The minimum absolute atomic E-state index is 0.159. The number of fused-ring (bicyclic) bond motifs is 1. The molecule has 1 heterocycles. The summed E-state index contributed by atoms with van der Waals surface area (Å²) in [6.07, 6.45) is -0.159. The average molecular weight is 248 g/mol. The number of rotatable bonds is 3. The number of aromatic amines is 2. The second kappa shape index (κ2) is 4.66. The second-order valence-electron chi connectivity index (χ2n) is 4.16. The second-order valence-corrected chi connectivity index (χ2v) is 4.16. The minimum Gasteiger partial charge on any atom is -0.357 e. The van der Waals surface area contributed by atoms with E-state index >= 15 is 0 Å². The standard InChI is InChI=1S/C12H16N4O2/c1-3-16(7(2)13)8-4-5-9-10(6-8)12(18)15-14-11(9)17/h4-7H,3,13H2,1-2H3,(H,14,17)(H,15,18). The predicted octanol–water partition coefficient (Wildman–Crippen LogP) is 0.347. The molecule has 0 spiro atoms. The molecule has 96 valence electrons. The number of benzene rings is 1. The van der Waals surface area contributed by atoms with Gasteiger partial charge in [0, 0.05) is 12.2 Å². The molecule has 0 aliphatic heterocycles. The Hall–Kier alpha value is -2.08. The van der Waals surface area contributed by atoms with Crippen LogP contribution in [0.2, 0.25) is 0 Å². The molecular weight excluding hydrogens is 232 g/mol. The SMILES string of the molecule is CCN(c1ccc2c(=O)[nH][nH]c(=O)c2c1)C(C)N. The van der Waals surface area contributed by atoms with Gasteiger partial charge in [-0.2, -0.15) is 0 Å². The number of nitrogens with two attached hydrogens (primary N) is 1. The summed E-state index contributed by atoms with van der Waals surface area (Å²) in [5, 5.41) is 5.36. The molecule has 4 N–H and O–H groups in total. The summed E-state index contributed by atoms with van der Waals surface area (Å²) in [4.78, 5) is 25.2. The van der Waals surface area contributed by atoms with Crippen molar-refractivity contribution in [3.8, 4) is 0 Å². The van der Waals surface area contributed by atoms with Crippen LogP contribution in [0.3, 0.4) is 0 Å². The summed E-state index contributed by atoms with van der Waals surface area (Å²) in [5.41, 5.74) is 6.07. The fourth-order valence-electron chi connectivity index (χ4n) is 2.05. The van der Waals surface area contributed by atoms with E-state index in [0.29, 0.717) is 10.8 Å². The normalized spacial score (nSPS) is 12.6. The van der Waals surface area contributed by atoms with E-state index < -0.39 is 0 Å². The summed E-state index contributed by atoms with van der Waals surface area (Å²) < 4.78 is 0. The van der Waals surface area contributed by atoms with E-state index in [1.54, 1.807) is 18.2 Å². The largest absolute Gasteiger partial charge is 0.357 e. The Morgan fingerprint density at radius 3 is 2.39 bits per heavy atom. The first kappa shape index (κ1) is 12.4. The third kappa shape index (κ3) is 2.02. The van der Waals surface area contributed by atoms with Gasteiger partial charge >= 0.3 is 0 Å². The molecule has 6 nitrogen and oxygen atoms in total. The van der Waals surface area contributed by atoms with Gasteiger partial charge < -0.3 is 10.6 Å². The molecule has 1 atom stereocenters. The Balaban J connectivity index is 2.67. The van der Waals surface area contributed by atoms with Crippen LogP contribution < -0.4 is 21.8 Å². The molecule has 0 fully saturated rings. The van der Waals surface area contributed by atoms with Gasteiger partial charge in [0.2, 0.25) is 0 Å². The van der Waals surface area contributed by atoms with Gasteiger partial charge in [-0.05, 0) is 32.0 Å². The van der Waals surface area contributed by atoms with Gasteiger partial charge in [0.25, 0.3) is 11.1 Å². The van der Waals surface area contributed by atoms with Gasteiger partial charge in [-0.3, -0.25) is 19.8 Å². The highest BCUT2D eigenvalue weighted by molar-refractivity contribution is 5.84. The summed E-state index contributed by atoms with van der Waals surface area (Å²) in [7, 11) is 0. The quantitative estimate of drug-likeness (QED) is 0.683. The lowest BCUT2D eigenvalue weighted by Crippen LogP contribution is -2.39. The maximum Gasteiger partial charge on any atom is 0.270 e. The van der Waals surface area contributed by atoms with Crippen molar-refractivity contribution in [3.05, 3.63) is 38.9 Å². The lowest BCUT2D eigenvalue weighted by molar-refractivity contribution is 0.676. The summed E-state index contributed by atoms with van der Waals surface area (Å²) in [5.74, 6) is 0. The molecule has 0 radical (unpaired) electrons. The smallest absolute Gasteiger partial charge is 0.270 e. The number of aromatic nitrogens is 2. The van der Waals surface area contributed by atoms with Crippen LogP contribution >= 0.6 is 0 Å². The molecule has 0 bridgehead atoms. The first-order valence-corrected chi connectivity index (χ1v) is 5.81. The van der Waals surface area contributed by atoms with Crippen molar-refractivity contribution in [3.63, 3.8) is 0 Å². The van der Waals surface area contributed by atoms with Crippen LogP contribution in [0.4, 0.5) is 5.69 Å². The Bertz CT molecular complexity index is 672. The zero-order valence-corrected chi connectivity index (χ0v) is 10.4. The lowest BCUT2D eigenvalue weighted by atomic mass is 10.1. The molecule has 1 aromatic heterocycles. The zero-order valence-electron chi connectivity index (χ0n) is 10.4. The van der Waals surface area contributed by atoms with Crippen molar-refractivity contribution in [2.24, 2.45) is 5.73 Å². The van der Waals surface area contributed by atoms with Crippen LogP contribution in [0.5, 0.6) is 0 Å². The first-order chi connectivity index (χ1) is 8.54. The molecule has 0 aliphatic carbocycles. The van der Waals surface area contributed by atoms with Crippen LogP contribution in [0, 0.1) is 0 Å². The van der Waals surface area contributed by atoms with E-state index in [4.69, 9.17) is 5.73 Å². The molecule has 0 amide bonds. The third-order valence-electron chi connectivity index (χ3n) is 2.95. The monoisotopic (exact) mass is 248 g/mol. The van der Waals surface area contributed by atoms with Crippen LogP contribution in [-0.2, 0) is 0 Å². The van der Waals surface area contributed by atoms with E-state index in [1.165, 1.54) is 0 Å². The van der Waals surface area contributed by atoms with E-state index in [-0.39, 0.29) is 17.3 Å². The number of nitrogens with one attached hydrogen (secondary N) is 2. The lowest BCUT2D eigenvalue weighted by Gasteiger charge is -2.27. The van der Waals surface area contributed by atoms with Crippen molar-refractivity contribution < 1.29 is 0 Å². The maximum absolute atomic E-state index is 11.7. The van der Waals surface area contributed by atoms with Crippen LogP contribution in [0.1, 0.15) is 13.8 Å². The van der Waals surface area contributed by atoms with Crippen molar-refractivity contribution in [2.45, 2.75) is 20.0 Å². The average Bonchev–Trinajstić information content (AvgIpc) is 2.34. The number of H-pyrrole nitrogens is 2. The third-order valence-corrected chi connectivity index (χ3v) is 2.95. The van der Waals surface area contributed by atoms with Crippen molar-refractivity contribution in [1.82, 2.24) is 10.2 Å². The van der Waals surface area contributed by atoms with Crippen molar-refractivity contribution >= 4 is 16.5 Å². The van der Waals surface area contributed by atoms with Gasteiger partial charge in [0.15, 0.2) is 0 Å². The van der Waals surface area contributed by atoms with Crippen molar-refractivity contribution in [2.75, 3.05) is 11.4 Å². The maximum atomic E-state index is 11.7. The van der Waals surface area contributed by atoms with Gasteiger partial charge in [0.1, 0.15) is 0 Å². The van der Waals surface area contributed by atoms with Crippen LogP contribution in [0.15, 0.2) is 27.8 Å². The topological polar surface area (TPSA) is 95.0 Å². The molecule has 2 aromatic rings. The molecule has 18 heavy (non-hydrogen) atoms. The highest BCUT2D eigenvalue weighted by Gasteiger charge is 2.11. The highest BCUT2D eigenvalue weighted by atomic mass is 16.1. The van der Waals surface area contributed by atoms with Crippen LogP contribution in [-0.4, -0.2) is 22.9 Å².